The maximum Gasteiger partial charge on any atom is 0.266 e. The standard InChI is InChI=1S/C26H24N2O4/c1-2-17-31-21-15-13-19(14-16-21)27-25(29)22-23(18-9-5-3-6-10-18)28(32-24(22)26(27)30)20-11-7-4-8-12-20/h3-16,22-24H,2,17H2,1H3/t22-,23+,24+/m0/s1. The van der Waals surface area contributed by atoms with Gasteiger partial charge in [0.25, 0.3) is 5.91 Å². The fourth-order valence-electron chi connectivity index (χ4n) is 4.37. The molecule has 0 spiro atoms. The van der Waals surface area contributed by atoms with E-state index in [4.69, 9.17) is 9.57 Å². The van der Waals surface area contributed by atoms with Crippen LogP contribution in [0.5, 0.6) is 5.75 Å². The van der Waals surface area contributed by atoms with Crippen LogP contribution in [-0.4, -0.2) is 24.5 Å². The zero-order chi connectivity index (χ0) is 22.1. The number of fused-ring (bicyclic) bond motifs is 1. The zero-order valence-electron chi connectivity index (χ0n) is 17.8. The third-order valence-electron chi connectivity index (χ3n) is 5.83. The topological polar surface area (TPSA) is 59.1 Å². The Bertz CT molecular complexity index is 1100. The second-order valence-electron chi connectivity index (χ2n) is 7.92. The van der Waals surface area contributed by atoms with Crippen LogP contribution in [0.4, 0.5) is 11.4 Å². The van der Waals surface area contributed by atoms with E-state index in [9.17, 15) is 9.59 Å². The van der Waals surface area contributed by atoms with Gasteiger partial charge in [-0.15, -0.1) is 0 Å². The summed E-state index contributed by atoms with van der Waals surface area (Å²) in [4.78, 5) is 34.3. The van der Waals surface area contributed by atoms with E-state index in [0.29, 0.717) is 18.0 Å². The first-order chi connectivity index (χ1) is 15.7. The predicted molar refractivity (Wildman–Crippen MR) is 121 cm³/mol. The van der Waals surface area contributed by atoms with E-state index < -0.39 is 18.1 Å². The van der Waals surface area contributed by atoms with Crippen molar-refractivity contribution < 1.29 is 19.2 Å². The summed E-state index contributed by atoms with van der Waals surface area (Å²) in [5.74, 6) is -0.527. The van der Waals surface area contributed by atoms with E-state index in [1.54, 1.807) is 29.3 Å². The molecule has 0 N–H and O–H groups in total. The highest BCUT2D eigenvalue weighted by Gasteiger charge is 2.60. The van der Waals surface area contributed by atoms with Crippen LogP contribution in [-0.2, 0) is 14.4 Å². The molecule has 3 aromatic carbocycles. The van der Waals surface area contributed by atoms with E-state index in [2.05, 4.69) is 0 Å². The Balaban J connectivity index is 1.49. The minimum absolute atomic E-state index is 0.255. The van der Waals surface area contributed by atoms with Gasteiger partial charge in [-0.1, -0.05) is 55.5 Å². The number of para-hydroxylation sites is 1. The molecule has 2 aliphatic rings. The minimum Gasteiger partial charge on any atom is -0.494 e. The van der Waals surface area contributed by atoms with Gasteiger partial charge in [0, 0.05) is 0 Å². The van der Waals surface area contributed by atoms with Crippen LogP contribution in [0.1, 0.15) is 24.9 Å². The zero-order valence-corrected chi connectivity index (χ0v) is 17.8. The molecule has 32 heavy (non-hydrogen) atoms. The molecule has 3 aromatic rings. The van der Waals surface area contributed by atoms with E-state index in [-0.39, 0.29) is 11.8 Å². The molecular weight excluding hydrogens is 404 g/mol. The van der Waals surface area contributed by atoms with Crippen molar-refractivity contribution in [2.45, 2.75) is 25.5 Å². The lowest BCUT2D eigenvalue weighted by atomic mass is 9.90. The number of ether oxygens (including phenoxy) is 1. The molecule has 0 saturated carbocycles. The lowest BCUT2D eigenvalue weighted by molar-refractivity contribution is -0.126. The molecule has 0 aliphatic carbocycles. The van der Waals surface area contributed by atoms with Crippen LogP contribution >= 0.6 is 0 Å². The van der Waals surface area contributed by atoms with E-state index in [0.717, 1.165) is 17.7 Å². The molecule has 6 heteroatoms. The molecule has 0 unspecified atom stereocenters. The van der Waals surface area contributed by atoms with Gasteiger partial charge in [0.05, 0.1) is 24.0 Å². The molecule has 0 aromatic heterocycles. The highest BCUT2D eigenvalue weighted by molar-refractivity contribution is 6.23. The predicted octanol–water partition coefficient (Wildman–Crippen LogP) is 4.53. The number of hydrogen-bond donors (Lipinski definition) is 0. The van der Waals surface area contributed by atoms with Gasteiger partial charge in [0.2, 0.25) is 5.91 Å². The van der Waals surface area contributed by atoms with Gasteiger partial charge in [-0.2, -0.15) is 0 Å². The van der Waals surface area contributed by atoms with Gasteiger partial charge in [-0.3, -0.25) is 14.4 Å². The summed E-state index contributed by atoms with van der Waals surface area (Å²) in [6.07, 6.45) is 0.0357. The number of amides is 2. The summed E-state index contributed by atoms with van der Waals surface area (Å²) in [5, 5.41) is 1.71. The molecule has 162 valence electrons. The van der Waals surface area contributed by atoms with Crippen molar-refractivity contribution in [1.82, 2.24) is 0 Å². The largest absolute Gasteiger partial charge is 0.494 e. The molecule has 2 fully saturated rings. The number of imide groups is 1. The highest BCUT2D eigenvalue weighted by atomic mass is 16.7. The average molecular weight is 428 g/mol. The lowest BCUT2D eigenvalue weighted by Crippen LogP contribution is -2.37. The molecule has 5 rings (SSSR count). The van der Waals surface area contributed by atoms with Crippen molar-refractivity contribution >= 4 is 23.2 Å². The van der Waals surface area contributed by atoms with Crippen LogP contribution in [0, 0.1) is 5.92 Å². The first kappa shape index (κ1) is 20.3. The average Bonchev–Trinajstić information content (AvgIpc) is 3.35. The van der Waals surface area contributed by atoms with Crippen molar-refractivity contribution in [3.63, 3.8) is 0 Å². The van der Waals surface area contributed by atoms with Gasteiger partial charge >= 0.3 is 0 Å². The first-order valence-corrected chi connectivity index (χ1v) is 10.9. The van der Waals surface area contributed by atoms with Crippen molar-refractivity contribution in [1.29, 1.82) is 0 Å². The number of rotatable bonds is 6. The summed E-state index contributed by atoms with van der Waals surface area (Å²) in [6.45, 7) is 2.66. The molecule has 2 saturated heterocycles. The molecule has 2 amide bonds. The number of carbonyl (C=O) groups is 2. The van der Waals surface area contributed by atoms with Gasteiger partial charge in [-0.05, 0) is 48.4 Å². The Morgan fingerprint density at radius 3 is 2.12 bits per heavy atom. The number of carbonyl (C=O) groups excluding carboxylic acids is 2. The molecule has 6 nitrogen and oxygen atoms in total. The van der Waals surface area contributed by atoms with Crippen LogP contribution < -0.4 is 14.7 Å². The van der Waals surface area contributed by atoms with Crippen LogP contribution in [0.3, 0.4) is 0 Å². The minimum atomic E-state index is -0.871. The van der Waals surface area contributed by atoms with Crippen molar-refractivity contribution in [2.24, 2.45) is 5.92 Å². The number of hydroxylamine groups is 1. The summed E-state index contributed by atoms with van der Waals surface area (Å²) < 4.78 is 5.62. The smallest absolute Gasteiger partial charge is 0.266 e. The Kier molecular flexibility index (Phi) is 5.37. The van der Waals surface area contributed by atoms with E-state index >= 15 is 0 Å². The first-order valence-electron chi connectivity index (χ1n) is 10.9. The number of anilines is 2. The molecule has 0 bridgehead atoms. The summed E-state index contributed by atoms with van der Waals surface area (Å²) in [7, 11) is 0. The summed E-state index contributed by atoms with van der Waals surface area (Å²) in [6, 6.07) is 25.9. The Morgan fingerprint density at radius 2 is 1.47 bits per heavy atom. The van der Waals surface area contributed by atoms with E-state index in [1.165, 1.54) is 4.90 Å². The van der Waals surface area contributed by atoms with Crippen LogP contribution in [0.25, 0.3) is 0 Å². The lowest BCUT2D eigenvalue weighted by Gasteiger charge is -2.28. The van der Waals surface area contributed by atoms with Crippen molar-refractivity contribution in [3.8, 4) is 5.75 Å². The van der Waals surface area contributed by atoms with Gasteiger partial charge in [-0.25, -0.2) is 9.96 Å². The van der Waals surface area contributed by atoms with Crippen molar-refractivity contribution in [2.75, 3.05) is 16.6 Å². The molecule has 3 atom stereocenters. The van der Waals surface area contributed by atoms with Crippen LogP contribution in [0.15, 0.2) is 84.9 Å². The highest BCUT2D eigenvalue weighted by Crippen LogP contribution is 2.47. The SMILES string of the molecule is CCCOc1ccc(N2C(=O)[C@H]3[C@@H](c4ccccc4)N(c4ccccc4)O[C@H]3C2=O)cc1. The van der Waals surface area contributed by atoms with Gasteiger partial charge in [0.1, 0.15) is 11.7 Å². The summed E-state index contributed by atoms with van der Waals surface area (Å²) in [5.41, 5.74) is 2.26. The third-order valence-corrected chi connectivity index (χ3v) is 5.83. The Hall–Kier alpha value is -3.64. The Morgan fingerprint density at radius 1 is 0.812 bits per heavy atom. The quantitative estimate of drug-likeness (QED) is 0.540. The fourth-order valence-corrected chi connectivity index (χ4v) is 4.37. The van der Waals surface area contributed by atoms with Crippen molar-refractivity contribution in [3.05, 3.63) is 90.5 Å². The van der Waals surface area contributed by atoms with Crippen LogP contribution in [0.2, 0.25) is 0 Å². The normalized spacial score (nSPS) is 22.3. The van der Waals surface area contributed by atoms with Gasteiger partial charge < -0.3 is 4.74 Å². The maximum atomic E-state index is 13.6. The molecule has 0 radical (unpaired) electrons. The number of nitrogens with zero attached hydrogens (tertiary/aromatic N) is 2. The number of benzene rings is 3. The van der Waals surface area contributed by atoms with E-state index in [1.807, 2.05) is 67.6 Å². The Labute approximate surface area is 186 Å². The molecular formula is C26H24N2O4. The second-order valence-corrected chi connectivity index (χ2v) is 7.92. The molecule has 2 aliphatic heterocycles. The maximum absolute atomic E-state index is 13.6. The third kappa shape index (κ3) is 3.42. The summed E-state index contributed by atoms with van der Waals surface area (Å²) >= 11 is 0. The second kappa shape index (κ2) is 8.48. The number of hydrogen-bond acceptors (Lipinski definition) is 5. The monoisotopic (exact) mass is 428 g/mol. The van der Waals surface area contributed by atoms with Gasteiger partial charge in [0.15, 0.2) is 6.10 Å². The fraction of sp³-hybridized carbons (Fsp3) is 0.231. The molecule has 2 heterocycles.